The normalized spacial score (nSPS) is 18.3. The molecule has 1 aliphatic carbocycles. The SMILES string of the molecule is COc1ccc(NC(=O)C2CCC(C)(C)CC2)cc1CO. The minimum absolute atomic E-state index is 0.0829. The van der Waals surface area contributed by atoms with Crippen LogP contribution in [0, 0.1) is 11.3 Å². The van der Waals surface area contributed by atoms with Gasteiger partial charge in [-0.05, 0) is 49.3 Å². The molecule has 0 radical (unpaired) electrons. The first-order valence-corrected chi connectivity index (χ1v) is 7.54. The summed E-state index contributed by atoms with van der Waals surface area (Å²) in [5, 5.41) is 12.3. The van der Waals surface area contributed by atoms with Gasteiger partial charge in [0.25, 0.3) is 0 Å². The van der Waals surface area contributed by atoms with Gasteiger partial charge < -0.3 is 15.2 Å². The Balaban J connectivity index is 2.00. The number of hydrogen-bond donors (Lipinski definition) is 2. The highest BCUT2D eigenvalue weighted by atomic mass is 16.5. The van der Waals surface area contributed by atoms with Crippen molar-refractivity contribution in [1.82, 2.24) is 0 Å². The van der Waals surface area contributed by atoms with Gasteiger partial charge in [0.15, 0.2) is 0 Å². The monoisotopic (exact) mass is 291 g/mol. The van der Waals surface area contributed by atoms with Crippen molar-refractivity contribution in [3.8, 4) is 5.75 Å². The fourth-order valence-electron chi connectivity index (χ4n) is 2.89. The smallest absolute Gasteiger partial charge is 0.227 e. The van der Waals surface area contributed by atoms with Crippen molar-refractivity contribution in [1.29, 1.82) is 0 Å². The summed E-state index contributed by atoms with van der Waals surface area (Å²) in [7, 11) is 1.57. The molecule has 4 nitrogen and oxygen atoms in total. The van der Waals surface area contributed by atoms with E-state index in [1.165, 1.54) is 0 Å². The quantitative estimate of drug-likeness (QED) is 0.894. The maximum atomic E-state index is 12.3. The maximum absolute atomic E-state index is 12.3. The summed E-state index contributed by atoms with van der Waals surface area (Å²) in [5.41, 5.74) is 1.76. The van der Waals surface area contributed by atoms with Gasteiger partial charge in [-0.1, -0.05) is 13.8 Å². The Morgan fingerprint density at radius 3 is 2.62 bits per heavy atom. The minimum atomic E-state index is -0.107. The molecular formula is C17H25NO3. The van der Waals surface area contributed by atoms with E-state index in [9.17, 15) is 9.90 Å². The van der Waals surface area contributed by atoms with Crippen LogP contribution < -0.4 is 10.1 Å². The second-order valence-electron chi connectivity index (χ2n) is 6.61. The maximum Gasteiger partial charge on any atom is 0.227 e. The first kappa shape index (κ1) is 15.8. The summed E-state index contributed by atoms with van der Waals surface area (Å²) in [6, 6.07) is 5.34. The van der Waals surface area contributed by atoms with Crippen molar-refractivity contribution >= 4 is 11.6 Å². The first-order chi connectivity index (χ1) is 9.95. The summed E-state index contributed by atoms with van der Waals surface area (Å²) in [6.45, 7) is 4.42. The van der Waals surface area contributed by atoms with Crippen LogP contribution in [-0.4, -0.2) is 18.1 Å². The van der Waals surface area contributed by atoms with Crippen LogP contribution >= 0.6 is 0 Å². The summed E-state index contributed by atoms with van der Waals surface area (Å²) in [6.07, 6.45) is 4.08. The van der Waals surface area contributed by atoms with Crippen molar-refractivity contribution in [2.45, 2.75) is 46.1 Å². The van der Waals surface area contributed by atoms with E-state index in [1.807, 2.05) is 6.07 Å². The van der Waals surface area contributed by atoms with E-state index in [2.05, 4.69) is 19.2 Å². The number of methoxy groups -OCH3 is 1. The molecule has 1 amide bonds. The second kappa shape index (κ2) is 6.48. The van der Waals surface area contributed by atoms with E-state index < -0.39 is 0 Å². The molecule has 0 aromatic heterocycles. The van der Waals surface area contributed by atoms with Gasteiger partial charge in [0, 0.05) is 17.2 Å². The topological polar surface area (TPSA) is 58.6 Å². The van der Waals surface area contributed by atoms with E-state index in [0.29, 0.717) is 16.7 Å². The van der Waals surface area contributed by atoms with Gasteiger partial charge in [-0.15, -0.1) is 0 Å². The molecule has 0 aliphatic heterocycles. The molecule has 0 atom stereocenters. The molecule has 1 aliphatic rings. The fraction of sp³-hybridized carbons (Fsp3) is 0.588. The Labute approximate surface area is 126 Å². The van der Waals surface area contributed by atoms with Crippen LogP contribution in [0.2, 0.25) is 0 Å². The van der Waals surface area contributed by atoms with E-state index >= 15 is 0 Å². The molecule has 2 rings (SSSR count). The number of rotatable bonds is 4. The van der Waals surface area contributed by atoms with E-state index in [0.717, 1.165) is 31.4 Å². The number of ether oxygens (including phenoxy) is 1. The number of carbonyl (C=O) groups excluding carboxylic acids is 1. The van der Waals surface area contributed by atoms with Crippen molar-refractivity contribution in [3.05, 3.63) is 23.8 Å². The van der Waals surface area contributed by atoms with Crippen LogP contribution in [0.1, 0.15) is 45.1 Å². The van der Waals surface area contributed by atoms with Crippen molar-refractivity contribution in [2.75, 3.05) is 12.4 Å². The summed E-state index contributed by atoms with van der Waals surface area (Å²) in [5.74, 6) is 0.812. The van der Waals surface area contributed by atoms with Crippen molar-refractivity contribution < 1.29 is 14.6 Å². The molecule has 4 heteroatoms. The fourth-order valence-corrected chi connectivity index (χ4v) is 2.89. The lowest BCUT2D eigenvalue weighted by Gasteiger charge is -2.33. The second-order valence-corrected chi connectivity index (χ2v) is 6.61. The molecule has 1 fully saturated rings. The highest BCUT2D eigenvalue weighted by Gasteiger charge is 2.30. The number of aliphatic hydroxyl groups is 1. The van der Waals surface area contributed by atoms with Crippen molar-refractivity contribution in [3.63, 3.8) is 0 Å². The number of amides is 1. The standard InChI is InChI=1S/C17H25NO3/c1-17(2)8-6-12(7-9-17)16(20)18-14-4-5-15(21-3)13(10-14)11-19/h4-5,10,12,19H,6-9,11H2,1-3H3,(H,18,20). The predicted molar refractivity (Wildman–Crippen MR) is 83.3 cm³/mol. The molecular weight excluding hydrogens is 266 g/mol. The third kappa shape index (κ3) is 3.97. The van der Waals surface area contributed by atoms with Gasteiger partial charge in [0.1, 0.15) is 5.75 Å². The minimum Gasteiger partial charge on any atom is -0.496 e. The number of hydrogen-bond acceptors (Lipinski definition) is 3. The van der Waals surface area contributed by atoms with Crippen LogP contribution in [0.3, 0.4) is 0 Å². The Morgan fingerprint density at radius 1 is 1.38 bits per heavy atom. The van der Waals surface area contributed by atoms with Crippen LogP contribution in [0.4, 0.5) is 5.69 Å². The molecule has 0 saturated heterocycles. The van der Waals surface area contributed by atoms with Crippen LogP contribution in [0.25, 0.3) is 0 Å². The number of nitrogens with one attached hydrogen (secondary N) is 1. The molecule has 0 bridgehead atoms. The van der Waals surface area contributed by atoms with Crippen LogP contribution in [-0.2, 0) is 11.4 Å². The molecule has 1 aromatic rings. The molecule has 21 heavy (non-hydrogen) atoms. The zero-order chi connectivity index (χ0) is 15.5. The van der Waals surface area contributed by atoms with E-state index in [1.54, 1.807) is 19.2 Å². The van der Waals surface area contributed by atoms with Gasteiger partial charge >= 0.3 is 0 Å². The third-order valence-electron chi connectivity index (χ3n) is 4.43. The summed E-state index contributed by atoms with van der Waals surface area (Å²) in [4.78, 5) is 12.3. The van der Waals surface area contributed by atoms with E-state index in [4.69, 9.17) is 4.74 Å². The Hall–Kier alpha value is -1.55. The molecule has 2 N–H and O–H groups in total. The van der Waals surface area contributed by atoms with Gasteiger partial charge in [0.05, 0.1) is 13.7 Å². The Bertz CT molecular complexity index is 501. The number of carbonyl (C=O) groups is 1. The van der Waals surface area contributed by atoms with Gasteiger partial charge in [-0.3, -0.25) is 4.79 Å². The molecule has 1 aromatic carbocycles. The Morgan fingerprint density at radius 2 is 2.05 bits per heavy atom. The molecule has 0 unspecified atom stereocenters. The van der Waals surface area contributed by atoms with Crippen LogP contribution in [0.15, 0.2) is 18.2 Å². The average molecular weight is 291 g/mol. The third-order valence-corrected chi connectivity index (χ3v) is 4.43. The largest absolute Gasteiger partial charge is 0.496 e. The van der Waals surface area contributed by atoms with Crippen molar-refractivity contribution in [2.24, 2.45) is 11.3 Å². The Kier molecular flexibility index (Phi) is 4.88. The van der Waals surface area contributed by atoms with Gasteiger partial charge in [0.2, 0.25) is 5.91 Å². The summed E-state index contributed by atoms with van der Waals surface area (Å²) >= 11 is 0. The van der Waals surface area contributed by atoms with E-state index in [-0.39, 0.29) is 18.4 Å². The number of benzene rings is 1. The highest BCUT2D eigenvalue weighted by Crippen LogP contribution is 2.38. The lowest BCUT2D eigenvalue weighted by molar-refractivity contribution is -0.121. The molecule has 116 valence electrons. The number of aliphatic hydroxyl groups excluding tert-OH is 1. The first-order valence-electron chi connectivity index (χ1n) is 7.54. The molecule has 1 saturated carbocycles. The lowest BCUT2D eigenvalue weighted by atomic mass is 9.73. The molecule has 0 heterocycles. The predicted octanol–water partition coefficient (Wildman–Crippen LogP) is 3.34. The summed E-state index contributed by atoms with van der Waals surface area (Å²) < 4.78 is 5.16. The lowest BCUT2D eigenvalue weighted by Crippen LogP contribution is -2.30. The zero-order valence-corrected chi connectivity index (χ0v) is 13.1. The molecule has 0 spiro atoms. The zero-order valence-electron chi connectivity index (χ0n) is 13.1. The number of anilines is 1. The van der Waals surface area contributed by atoms with Gasteiger partial charge in [-0.2, -0.15) is 0 Å². The van der Waals surface area contributed by atoms with Crippen LogP contribution in [0.5, 0.6) is 5.75 Å². The van der Waals surface area contributed by atoms with Gasteiger partial charge in [-0.25, -0.2) is 0 Å². The average Bonchev–Trinajstić information content (AvgIpc) is 2.46. The highest BCUT2D eigenvalue weighted by molar-refractivity contribution is 5.92.